The highest BCUT2D eigenvalue weighted by atomic mass is 14.8. The monoisotopic (exact) mass is 375 g/mol. The Labute approximate surface area is 166 Å². The van der Waals surface area contributed by atoms with E-state index in [9.17, 15) is 0 Å². The molecule has 1 fully saturated rings. The summed E-state index contributed by atoms with van der Waals surface area (Å²) in [6.07, 6.45) is 15.4. The zero-order chi connectivity index (χ0) is 19.5. The number of allylic oxidation sites excluding steroid dienone is 1. The van der Waals surface area contributed by atoms with Gasteiger partial charge in [-0.3, -0.25) is 4.99 Å². The number of nitrogens with two attached hydrogens (primary N) is 2. The van der Waals surface area contributed by atoms with Gasteiger partial charge in [-0.25, -0.2) is 4.98 Å². The van der Waals surface area contributed by atoms with Crippen LogP contribution in [-0.2, 0) is 12.8 Å². The molecule has 1 aromatic heterocycles. The van der Waals surface area contributed by atoms with Crippen LogP contribution in [0.15, 0.2) is 23.3 Å². The van der Waals surface area contributed by atoms with E-state index in [1.807, 2.05) is 18.3 Å². The van der Waals surface area contributed by atoms with E-state index in [4.69, 9.17) is 26.9 Å². The number of benzene rings is 1. The molecule has 1 saturated carbocycles. The number of aryl methyl sites for hydroxylation is 1. The lowest BCUT2D eigenvalue weighted by molar-refractivity contribution is 0.444. The molecular formula is C23H29N5. The molecule has 2 aliphatic rings. The molecule has 4 rings (SSSR count). The first kappa shape index (κ1) is 18.7. The van der Waals surface area contributed by atoms with E-state index < -0.39 is 0 Å². The predicted octanol–water partition coefficient (Wildman–Crippen LogP) is 4.40. The van der Waals surface area contributed by atoms with E-state index in [0.717, 1.165) is 53.4 Å². The second-order valence-electron chi connectivity index (χ2n) is 7.92. The molecule has 5 N–H and O–H groups in total. The minimum atomic E-state index is 0.407. The smallest absolute Gasteiger partial charge is 0.0774 e. The lowest BCUT2D eigenvalue weighted by Gasteiger charge is -2.23. The second-order valence-corrected chi connectivity index (χ2v) is 7.92. The number of nitrogens with one attached hydrogen (secondary N) is 1. The van der Waals surface area contributed by atoms with Crippen LogP contribution in [0.25, 0.3) is 16.5 Å². The average molecular weight is 376 g/mol. The van der Waals surface area contributed by atoms with Crippen LogP contribution in [0, 0.1) is 5.41 Å². The van der Waals surface area contributed by atoms with E-state index in [1.54, 1.807) is 6.20 Å². The van der Waals surface area contributed by atoms with Crippen molar-refractivity contribution in [2.24, 2.45) is 10.7 Å². The molecule has 0 amide bonds. The maximum Gasteiger partial charge on any atom is 0.0774 e. The van der Waals surface area contributed by atoms with Crippen LogP contribution in [0.5, 0.6) is 0 Å². The molecule has 5 nitrogen and oxygen atoms in total. The summed E-state index contributed by atoms with van der Waals surface area (Å²) in [4.78, 5) is 9.81. The minimum absolute atomic E-state index is 0.407. The third-order valence-electron chi connectivity index (χ3n) is 6.14. The number of aliphatic imine (C=N–C) groups is 1. The minimum Gasteiger partial charge on any atom is -0.404 e. The number of rotatable bonds is 4. The van der Waals surface area contributed by atoms with Crippen LogP contribution in [-0.4, -0.2) is 23.5 Å². The fourth-order valence-electron chi connectivity index (χ4n) is 4.66. The quantitative estimate of drug-likeness (QED) is 0.545. The first-order valence-corrected chi connectivity index (χ1v) is 10.4. The first-order chi connectivity index (χ1) is 13.7. The number of anilines is 1. The highest BCUT2D eigenvalue weighted by Crippen LogP contribution is 2.35. The zero-order valence-corrected chi connectivity index (χ0v) is 16.4. The van der Waals surface area contributed by atoms with Gasteiger partial charge in [0, 0.05) is 46.9 Å². The molecular weight excluding hydrogens is 346 g/mol. The van der Waals surface area contributed by atoms with Crippen LogP contribution < -0.4 is 11.5 Å². The summed E-state index contributed by atoms with van der Waals surface area (Å²) >= 11 is 0. The second kappa shape index (κ2) is 8.13. The topological polar surface area (TPSA) is 101 Å². The van der Waals surface area contributed by atoms with Crippen molar-refractivity contribution in [1.29, 1.82) is 5.41 Å². The van der Waals surface area contributed by atoms with Crippen LogP contribution in [0.4, 0.5) is 5.69 Å². The van der Waals surface area contributed by atoms with Crippen LogP contribution in [0.3, 0.4) is 0 Å². The number of aromatic nitrogens is 1. The number of hydrogen-bond donors (Lipinski definition) is 3. The Morgan fingerprint density at radius 2 is 1.82 bits per heavy atom. The van der Waals surface area contributed by atoms with Crippen molar-refractivity contribution in [3.63, 3.8) is 0 Å². The van der Waals surface area contributed by atoms with Gasteiger partial charge < -0.3 is 16.9 Å². The Kier molecular flexibility index (Phi) is 5.42. The van der Waals surface area contributed by atoms with Gasteiger partial charge in [-0.05, 0) is 61.8 Å². The molecule has 0 atom stereocenters. The Bertz CT molecular complexity index is 951. The third-order valence-corrected chi connectivity index (χ3v) is 6.14. The lowest BCUT2D eigenvalue weighted by atomic mass is 9.85. The molecule has 0 radical (unpaired) electrons. The highest BCUT2D eigenvalue weighted by Gasteiger charge is 2.22. The Balaban J connectivity index is 1.83. The summed E-state index contributed by atoms with van der Waals surface area (Å²) in [5.41, 5.74) is 18.9. The van der Waals surface area contributed by atoms with Gasteiger partial charge in [0.1, 0.15) is 0 Å². The fourth-order valence-corrected chi connectivity index (χ4v) is 4.66. The predicted molar refractivity (Wildman–Crippen MR) is 118 cm³/mol. The van der Waals surface area contributed by atoms with Crippen molar-refractivity contribution in [2.45, 2.75) is 63.8 Å². The maximum atomic E-state index is 7.85. The van der Waals surface area contributed by atoms with Gasteiger partial charge in [-0.15, -0.1) is 0 Å². The molecule has 0 saturated heterocycles. The summed E-state index contributed by atoms with van der Waals surface area (Å²) < 4.78 is 0. The number of fused-ring (bicyclic) bond motifs is 3. The standard InChI is InChI=1S/C23H29N5/c24-12-15(14-27-16-6-2-1-3-7-16)23-18-9-5-4-8-17(18)22-19(13-25)20(26)10-11-21(22)28-23/h10-14,16,25H,1-9,24,26H2/b15-12+,25-13?,27-14?. The van der Waals surface area contributed by atoms with Crippen molar-refractivity contribution >= 4 is 34.6 Å². The summed E-state index contributed by atoms with van der Waals surface area (Å²) in [7, 11) is 0. The summed E-state index contributed by atoms with van der Waals surface area (Å²) in [5, 5.41) is 8.89. The molecule has 1 heterocycles. The number of hydrogen-bond acceptors (Lipinski definition) is 5. The number of nitrogen functional groups attached to an aromatic ring is 1. The summed E-state index contributed by atoms with van der Waals surface area (Å²) in [5.74, 6) is 0. The largest absolute Gasteiger partial charge is 0.404 e. The summed E-state index contributed by atoms with van der Waals surface area (Å²) in [6, 6.07) is 4.21. The van der Waals surface area contributed by atoms with Crippen molar-refractivity contribution in [3.05, 3.63) is 40.7 Å². The maximum absolute atomic E-state index is 7.85. The fraction of sp³-hybridized carbons (Fsp3) is 0.435. The molecule has 1 aromatic carbocycles. The molecule has 28 heavy (non-hydrogen) atoms. The van der Waals surface area contributed by atoms with Crippen LogP contribution in [0.2, 0.25) is 0 Å². The van der Waals surface area contributed by atoms with Gasteiger partial charge in [-0.2, -0.15) is 0 Å². The van der Waals surface area contributed by atoms with Crippen LogP contribution in [0.1, 0.15) is 67.3 Å². The molecule has 2 aromatic rings. The normalized spacial score (nSPS) is 18.5. The SMILES string of the molecule is N=Cc1c(N)ccc2nc(/C(C=NC3CCCCC3)=C/N)c3c(c12)CCCC3. The van der Waals surface area contributed by atoms with E-state index in [2.05, 4.69) is 0 Å². The van der Waals surface area contributed by atoms with Crippen LogP contribution >= 0.6 is 0 Å². The van der Waals surface area contributed by atoms with E-state index in [-0.39, 0.29) is 0 Å². The zero-order valence-electron chi connectivity index (χ0n) is 16.4. The first-order valence-electron chi connectivity index (χ1n) is 10.4. The van der Waals surface area contributed by atoms with Gasteiger partial charge in [0.15, 0.2) is 0 Å². The number of pyridine rings is 1. The average Bonchev–Trinajstić information content (AvgIpc) is 2.75. The molecule has 0 bridgehead atoms. The van der Waals surface area contributed by atoms with Crippen molar-refractivity contribution in [1.82, 2.24) is 4.98 Å². The number of nitrogens with zero attached hydrogens (tertiary/aromatic N) is 2. The van der Waals surface area contributed by atoms with Crippen molar-refractivity contribution in [2.75, 3.05) is 5.73 Å². The van der Waals surface area contributed by atoms with Gasteiger partial charge >= 0.3 is 0 Å². The molecule has 0 spiro atoms. The van der Waals surface area contributed by atoms with E-state index >= 15 is 0 Å². The van der Waals surface area contributed by atoms with Crippen molar-refractivity contribution in [3.8, 4) is 0 Å². The highest BCUT2D eigenvalue weighted by molar-refractivity contribution is 6.11. The van der Waals surface area contributed by atoms with Crippen molar-refractivity contribution < 1.29 is 0 Å². The third kappa shape index (κ3) is 3.41. The Morgan fingerprint density at radius 3 is 2.54 bits per heavy atom. The molecule has 2 aliphatic carbocycles. The molecule has 0 unspecified atom stereocenters. The summed E-state index contributed by atoms with van der Waals surface area (Å²) in [6.45, 7) is 0. The molecule has 146 valence electrons. The van der Waals surface area contributed by atoms with E-state index in [1.165, 1.54) is 49.4 Å². The van der Waals surface area contributed by atoms with Gasteiger partial charge in [0.25, 0.3) is 0 Å². The Morgan fingerprint density at radius 1 is 1.07 bits per heavy atom. The van der Waals surface area contributed by atoms with Gasteiger partial charge in [0.2, 0.25) is 0 Å². The lowest BCUT2D eigenvalue weighted by Crippen LogP contribution is -2.13. The van der Waals surface area contributed by atoms with Gasteiger partial charge in [-0.1, -0.05) is 19.3 Å². The van der Waals surface area contributed by atoms with E-state index in [0.29, 0.717) is 11.7 Å². The molecule has 0 aliphatic heterocycles. The van der Waals surface area contributed by atoms with Gasteiger partial charge in [0.05, 0.1) is 11.2 Å². The Hall–Kier alpha value is -2.69. The molecule has 5 heteroatoms.